The summed E-state index contributed by atoms with van der Waals surface area (Å²) in [5.74, 6) is -1.71. The van der Waals surface area contributed by atoms with Gasteiger partial charge in [0.05, 0.1) is 11.6 Å². The van der Waals surface area contributed by atoms with Gasteiger partial charge < -0.3 is 5.11 Å². The Morgan fingerprint density at radius 3 is 2.57 bits per heavy atom. The highest BCUT2D eigenvalue weighted by Gasteiger charge is 2.53. The van der Waals surface area contributed by atoms with Crippen LogP contribution in [-0.4, -0.2) is 32.7 Å². The number of rotatable bonds is 2. The molecule has 0 atom stereocenters. The first-order chi connectivity index (χ1) is 9.96. The highest BCUT2D eigenvalue weighted by molar-refractivity contribution is 6.23. The molecule has 2 fully saturated rings. The van der Waals surface area contributed by atoms with Crippen LogP contribution in [0, 0.1) is 5.41 Å². The van der Waals surface area contributed by atoms with Gasteiger partial charge in [0.25, 0.3) is 0 Å². The van der Waals surface area contributed by atoms with Gasteiger partial charge in [-0.15, -0.1) is 0 Å². The number of hydrogen-bond acceptors (Lipinski definition) is 4. The number of hydrogen-bond donors (Lipinski definition) is 1. The predicted molar refractivity (Wildman–Crippen MR) is 72.8 cm³/mol. The van der Waals surface area contributed by atoms with E-state index in [1.165, 1.54) is 17.9 Å². The Morgan fingerprint density at radius 2 is 1.95 bits per heavy atom. The molecule has 2 heterocycles. The second kappa shape index (κ2) is 4.68. The maximum Gasteiger partial charge on any atom is 0.341 e. The normalized spacial score (nSPS) is 21.3. The minimum atomic E-state index is -1.19. The van der Waals surface area contributed by atoms with Crippen LogP contribution in [-0.2, 0) is 16.6 Å². The van der Waals surface area contributed by atoms with Gasteiger partial charge in [0.15, 0.2) is 5.82 Å². The monoisotopic (exact) mass is 291 g/mol. The zero-order valence-corrected chi connectivity index (χ0v) is 11.8. The number of amides is 2. The van der Waals surface area contributed by atoms with Crippen molar-refractivity contribution in [2.24, 2.45) is 12.5 Å². The van der Waals surface area contributed by atoms with Gasteiger partial charge >= 0.3 is 5.97 Å². The third-order valence-corrected chi connectivity index (χ3v) is 4.56. The highest BCUT2D eigenvalue weighted by Crippen LogP contribution is 2.46. The molecule has 1 aromatic rings. The van der Waals surface area contributed by atoms with Crippen LogP contribution in [0.2, 0.25) is 0 Å². The van der Waals surface area contributed by atoms with Crippen molar-refractivity contribution in [3.63, 3.8) is 0 Å². The van der Waals surface area contributed by atoms with E-state index in [1.807, 2.05) is 0 Å². The lowest BCUT2D eigenvalue weighted by Crippen LogP contribution is -2.38. The number of imide groups is 1. The lowest BCUT2D eigenvalue weighted by atomic mass is 9.73. The van der Waals surface area contributed by atoms with E-state index in [2.05, 4.69) is 5.10 Å². The van der Waals surface area contributed by atoms with Crippen LogP contribution in [0.15, 0.2) is 6.20 Å². The molecule has 1 saturated carbocycles. The Morgan fingerprint density at radius 1 is 1.29 bits per heavy atom. The van der Waals surface area contributed by atoms with Crippen molar-refractivity contribution in [2.45, 2.75) is 38.5 Å². The first-order valence-electron chi connectivity index (χ1n) is 7.09. The summed E-state index contributed by atoms with van der Waals surface area (Å²) in [5, 5.41) is 13.1. The molecular weight excluding hydrogens is 274 g/mol. The van der Waals surface area contributed by atoms with Crippen LogP contribution in [0.25, 0.3) is 0 Å². The number of carbonyl (C=O) groups is 3. The Bertz CT molecular complexity index is 628. The van der Waals surface area contributed by atoms with Gasteiger partial charge in [-0.05, 0) is 12.8 Å². The minimum Gasteiger partial charge on any atom is -0.477 e. The summed E-state index contributed by atoms with van der Waals surface area (Å²) in [7, 11) is 1.54. The van der Waals surface area contributed by atoms with Crippen LogP contribution >= 0.6 is 0 Å². The van der Waals surface area contributed by atoms with Gasteiger partial charge in [-0.25, -0.2) is 9.69 Å². The van der Waals surface area contributed by atoms with Crippen LogP contribution in [0.4, 0.5) is 5.82 Å². The van der Waals surface area contributed by atoms with E-state index in [0.717, 1.165) is 24.2 Å². The van der Waals surface area contributed by atoms with Gasteiger partial charge in [0.2, 0.25) is 11.8 Å². The third kappa shape index (κ3) is 1.95. The SMILES string of the molecule is Cn1ncc(C(=O)O)c1N1C(=O)CC2(CCCCC2)C1=O. The van der Waals surface area contributed by atoms with E-state index < -0.39 is 11.4 Å². The van der Waals surface area contributed by atoms with Gasteiger partial charge in [-0.3, -0.25) is 14.3 Å². The summed E-state index contributed by atoms with van der Waals surface area (Å²) in [6.07, 6.45) is 5.70. The molecule has 1 saturated heterocycles. The second-order valence-corrected chi connectivity index (χ2v) is 5.86. The number of aromatic nitrogens is 2. The lowest BCUT2D eigenvalue weighted by molar-refractivity contribution is -0.127. The smallest absolute Gasteiger partial charge is 0.341 e. The van der Waals surface area contributed by atoms with Gasteiger partial charge in [0, 0.05) is 13.5 Å². The van der Waals surface area contributed by atoms with Gasteiger partial charge in [0.1, 0.15) is 5.56 Å². The number of anilines is 1. The first kappa shape index (κ1) is 13.8. The Balaban J connectivity index is 2.04. The minimum absolute atomic E-state index is 0.0694. The number of aryl methyl sites for hydroxylation is 1. The maximum atomic E-state index is 12.8. The molecule has 7 heteroatoms. The summed E-state index contributed by atoms with van der Waals surface area (Å²) in [4.78, 5) is 37.4. The van der Waals surface area contributed by atoms with Crippen molar-refractivity contribution in [3.8, 4) is 0 Å². The summed E-state index contributed by atoms with van der Waals surface area (Å²) in [5.41, 5.74) is -0.748. The molecule has 1 N–H and O–H groups in total. The van der Waals surface area contributed by atoms with Crippen LogP contribution < -0.4 is 4.90 Å². The van der Waals surface area contributed by atoms with E-state index in [4.69, 9.17) is 0 Å². The predicted octanol–water partition coefficient (Wildman–Crippen LogP) is 1.33. The van der Waals surface area contributed by atoms with E-state index in [9.17, 15) is 19.5 Å². The molecule has 0 bridgehead atoms. The molecular formula is C14H17N3O4. The lowest BCUT2D eigenvalue weighted by Gasteiger charge is -2.30. The average Bonchev–Trinajstić information content (AvgIpc) is 2.91. The summed E-state index contributed by atoms with van der Waals surface area (Å²) in [6.45, 7) is 0. The molecule has 7 nitrogen and oxygen atoms in total. The molecule has 2 amide bonds. The first-order valence-corrected chi connectivity index (χ1v) is 7.09. The van der Waals surface area contributed by atoms with Crippen LogP contribution in [0.1, 0.15) is 48.9 Å². The zero-order chi connectivity index (χ0) is 15.2. The second-order valence-electron chi connectivity index (χ2n) is 5.86. The fourth-order valence-corrected chi connectivity index (χ4v) is 3.48. The summed E-state index contributed by atoms with van der Waals surface area (Å²) < 4.78 is 1.28. The number of aromatic carboxylic acids is 1. The van der Waals surface area contributed by atoms with Crippen molar-refractivity contribution in [1.29, 1.82) is 0 Å². The van der Waals surface area contributed by atoms with Crippen molar-refractivity contribution in [3.05, 3.63) is 11.8 Å². The number of carboxylic acid groups (broad SMARTS) is 1. The summed E-state index contributed by atoms with van der Waals surface area (Å²) in [6, 6.07) is 0. The fourth-order valence-electron chi connectivity index (χ4n) is 3.48. The van der Waals surface area contributed by atoms with Crippen molar-refractivity contribution in [1.82, 2.24) is 9.78 Å². The van der Waals surface area contributed by atoms with Crippen LogP contribution in [0.3, 0.4) is 0 Å². The molecule has 0 unspecified atom stereocenters. The molecule has 1 aliphatic heterocycles. The van der Waals surface area contributed by atoms with Crippen molar-refractivity contribution >= 4 is 23.6 Å². The van der Waals surface area contributed by atoms with Gasteiger partial charge in [-0.1, -0.05) is 19.3 Å². The van der Waals surface area contributed by atoms with Crippen LogP contribution in [0.5, 0.6) is 0 Å². The fraction of sp³-hybridized carbons (Fsp3) is 0.571. The van der Waals surface area contributed by atoms with E-state index in [0.29, 0.717) is 12.8 Å². The average molecular weight is 291 g/mol. The molecule has 1 spiro atoms. The number of carbonyl (C=O) groups excluding carboxylic acids is 2. The molecule has 0 aromatic carbocycles. The van der Waals surface area contributed by atoms with E-state index in [1.54, 1.807) is 0 Å². The van der Waals surface area contributed by atoms with Crippen molar-refractivity contribution in [2.75, 3.05) is 4.90 Å². The van der Waals surface area contributed by atoms with Crippen molar-refractivity contribution < 1.29 is 19.5 Å². The zero-order valence-electron chi connectivity index (χ0n) is 11.8. The molecule has 21 heavy (non-hydrogen) atoms. The Labute approximate surface area is 121 Å². The largest absolute Gasteiger partial charge is 0.477 e. The van der Waals surface area contributed by atoms with E-state index in [-0.39, 0.29) is 29.6 Å². The molecule has 0 radical (unpaired) electrons. The maximum absolute atomic E-state index is 12.8. The number of nitrogens with zero attached hydrogens (tertiary/aromatic N) is 3. The number of carboxylic acids is 1. The molecule has 2 aliphatic rings. The summed E-state index contributed by atoms with van der Waals surface area (Å²) >= 11 is 0. The Kier molecular flexibility index (Phi) is 3.07. The van der Waals surface area contributed by atoms with Gasteiger partial charge in [-0.2, -0.15) is 5.10 Å². The molecule has 112 valence electrons. The Hall–Kier alpha value is -2.18. The standard InChI is InChI=1S/C14H17N3O4/c1-16-11(9(8-15-16)12(19)20)17-10(18)7-14(13(17)21)5-3-2-4-6-14/h8H,2-7H2,1H3,(H,19,20). The quantitative estimate of drug-likeness (QED) is 0.830. The topological polar surface area (TPSA) is 92.5 Å². The third-order valence-electron chi connectivity index (χ3n) is 4.56. The molecule has 1 aromatic heterocycles. The molecule has 1 aliphatic carbocycles. The van der Waals surface area contributed by atoms with E-state index >= 15 is 0 Å². The highest BCUT2D eigenvalue weighted by atomic mass is 16.4. The molecule has 3 rings (SSSR count).